The van der Waals surface area contributed by atoms with Gasteiger partial charge in [-0.05, 0) is 17.5 Å². The summed E-state index contributed by atoms with van der Waals surface area (Å²) in [5.41, 5.74) is 8.27. The minimum absolute atomic E-state index is 0.00565. The van der Waals surface area contributed by atoms with Gasteiger partial charge in [0.15, 0.2) is 0 Å². The van der Waals surface area contributed by atoms with Crippen LogP contribution >= 0.6 is 0 Å². The molecule has 1 unspecified atom stereocenters. The second kappa shape index (κ2) is 5.37. The monoisotopic (exact) mass is 247 g/mol. The van der Waals surface area contributed by atoms with Crippen molar-refractivity contribution in [2.75, 3.05) is 25.1 Å². The first-order valence-electron chi connectivity index (χ1n) is 5.57. The van der Waals surface area contributed by atoms with Crippen LogP contribution in [-0.4, -0.2) is 31.1 Å². The van der Waals surface area contributed by atoms with E-state index in [-0.39, 0.29) is 11.8 Å². The van der Waals surface area contributed by atoms with Gasteiger partial charge in [-0.1, -0.05) is 11.2 Å². The van der Waals surface area contributed by atoms with Crippen molar-refractivity contribution in [2.24, 2.45) is 11.0 Å². The molecule has 7 nitrogen and oxygen atoms in total. The van der Waals surface area contributed by atoms with E-state index in [9.17, 15) is 4.79 Å². The Morgan fingerprint density at radius 2 is 2.50 bits per heavy atom. The molecule has 18 heavy (non-hydrogen) atoms. The molecule has 0 N–H and O–H groups in total. The van der Waals surface area contributed by atoms with Crippen LogP contribution in [0.2, 0.25) is 0 Å². The number of amides is 1. The highest BCUT2D eigenvalue weighted by Crippen LogP contribution is 2.25. The molecule has 1 saturated heterocycles. The van der Waals surface area contributed by atoms with E-state index in [1.807, 2.05) is 0 Å². The number of nitrogens with zero attached hydrogens (tertiary/aromatic N) is 5. The smallest absolute Gasteiger partial charge is 0.228 e. The molecule has 0 bridgehead atoms. The number of ether oxygens (including phenoxy) is 1. The molecular formula is C11H13N5O2. The molecule has 0 saturated carbocycles. The highest BCUT2D eigenvalue weighted by atomic mass is 16.5. The van der Waals surface area contributed by atoms with Gasteiger partial charge in [-0.15, -0.1) is 0 Å². The van der Waals surface area contributed by atoms with E-state index in [4.69, 9.17) is 10.3 Å². The van der Waals surface area contributed by atoms with E-state index in [0.29, 0.717) is 31.2 Å². The fourth-order valence-electron chi connectivity index (χ4n) is 1.95. The maximum Gasteiger partial charge on any atom is 0.228 e. The van der Waals surface area contributed by atoms with Gasteiger partial charge in [0.25, 0.3) is 0 Å². The van der Waals surface area contributed by atoms with Crippen molar-refractivity contribution in [2.45, 2.75) is 6.42 Å². The van der Waals surface area contributed by atoms with Crippen molar-refractivity contribution in [1.29, 1.82) is 0 Å². The Morgan fingerprint density at radius 1 is 1.67 bits per heavy atom. The van der Waals surface area contributed by atoms with Crippen molar-refractivity contribution in [3.63, 3.8) is 0 Å². The van der Waals surface area contributed by atoms with Gasteiger partial charge in [0.1, 0.15) is 5.82 Å². The molecule has 0 radical (unpaired) electrons. The minimum Gasteiger partial charge on any atom is -0.481 e. The number of rotatable bonds is 4. The zero-order valence-electron chi connectivity index (χ0n) is 9.98. The lowest BCUT2D eigenvalue weighted by Gasteiger charge is -2.15. The molecule has 0 aromatic carbocycles. The second-order valence-electron chi connectivity index (χ2n) is 4.03. The van der Waals surface area contributed by atoms with E-state index in [1.54, 1.807) is 23.1 Å². The Kier molecular flexibility index (Phi) is 3.64. The highest BCUT2D eigenvalue weighted by molar-refractivity contribution is 5.94. The van der Waals surface area contributed by atoms with Gasteiger partial charge in [-0.3, -0.25) is 9.69 Å². The van der Waals surface area contributed by atoms with E-state index in [0.717, 1.165) is 0 Å². The molecule has 1 fully saturated rings. The Labute approximate surface area is 104 Å². The SMILES string of the molecule is COc1cccc(N2CC(CN=[N+]=[N-])CC2=O)n1. The largest absolute Gasteiger partial charge is 0.481 e. The highest BCUT2D eigenvalue weighted by Gasteiger charge is 2.30. The van der Waals surface area contributed by atoms with Gasteiger partial charge in [0, 0.05) is 30.5 Å². The molecule has 1 amide bonds. The van der Waals surface area contributed by atoms with Gasteiger partial charge in [-0.25, -0.2) is 0 Å². The number of carbonyl (C=O) groups excluding carboxylic acids is 1. The molecule has 1 aromatic rings. The van der Waals surface area contributed by atoms with E-state index >= 15 is 0 Å². The lowest BCUT2D eigenvalue weighted by atomic mass is 10.1. The van der Waals surface area contributed by atoms with Gasteiger partial charge in [0.05, 0.1) is 7.11 Å². The molecule has 0 spiro atoms. The topological polar surface area (TPSA) is 91.2 Å². The third-order valence-corrected chi connectivity index (χ3v) is 2.80. The summed E-state index contributed by atoms with van der Waals surface area (Å²) in [6.45, 7) is 0.862. The Balaban J connectivity index is 2.13. The molecule has 1 aromatic heterocycles. The summed E-state index contributed by atoms with van der Waals surface area (Å²) < 4.78 is 5.03. The van der Waals surface area contributed by atoms with Crippen molar-refractivity contribution in [1.82, 2.24) is 4.98 Å². The summed E-state index contributed by atoms with van der Waals surface area (Å²) in [6.07, 6.45) is 0.387. The molecule has 1 atom stereocenters. The lowest BCUT2D eigenvalue weighted by Crippen LogP contribution is -2.25. The average Bonchev–Trinajstić information content (AvgIpc) is 2.77. The zero-order chi connectivity index (χ0) is 13.0. The van der Waals surface area contributed by atoms with Crippen LogP contribution in [0.15, 0.2) is 23.3 Å². The quantitative estimate of drug-likeness (QED) is 0.461. The molecule has 1 aliphatic rings. The van der Waals surface area contributed by atoms with Gasteiger partial charge in [0.2, 0.25) is 11.8 Å². The molecule has 2 rings (SSSR count). The molecule has 2 heterocycles. The van der Waals surface area contributed by atoms with Crippen molar-refractivity contribution in [3.05, 3.63) is 28.6 Å². The second-order valence-corrected chi connectivity index (χ2v) is 4.03. The predicted octanol–water partition coefficient (Wildman–Crippen LogP) is 1.75. The summed E-state index contributed by atoms with van der Waals surface area (Å²) >= 11 is 0. The summed E-state index contributed by atoms with van der Waals surface area (Å²) in [7, 11) is 1.53. The molecule has 7 heteroatoms. The molecular weight excluding hydrogens is 234 g/mol. The zero-order valence-corrected chi connectivity index (χ0v) is 9.98. The molecule has 94 valence electrons. The fraction of sp³-hybridized carbons (Fsp3) is 0.455. The third-order valence-electron chi connectivity index (χ3n) is 2.80. The number of carbonyl (C=O) groups is 1. The summed E-state index contributed by atoms with van der Waals surface area (Å²) in [5.74, 6) is 1.09. The van der Waals surface area contributed by atoms with Gasteiger partial charge >= 0.3 is 0 Å². The maximum atomic E-state index is 11.9. The van der Waals surface area contributed by atoms with Crippen LogP contribution in [0.25, 0.3) is 10.4 Å². The van der Waals surface area contributed by atoms with Crippen LogP contribution in [-0.2, 0) is 4.79 Å². The minimum atomic E-state index is -0.00565. The van der Waals surface area contributed by atoms with Crippen LogP contribution in [0, 0.1) is 5.92 Å². The van der Waals surface area contributed by atoms with Gasteiger partial charge in [-0.2, -0.15) is 4.98 Å². The summed E-state index contributed by atoms with van der Waals surface area (Å²) in [5, 5.41) is 3.51. The van der Waals surface area contributed by atoms with Crippen LogP contribution in [0.1, 0.15) is 6.42 Å². The van der Waals surface area contributed by atoms with Crippen LogP contribution in [0.5, 0.6) is 5.88 Å². The van der Waals surface area contributed by atoms with E-state index in [2.05, 4.69) is 15.0 Å². The number of pyridine rings is 1. The van der Waals surface area contributed by atoms with Crippen molar-refractivity contribution in [3.8, 4) is 5.88 Å². The Bertz CT molecular complexity index is 498. The van der Waals surface area contributed by atoms with Crippen LogP contribution in [0.4, 0.5) is 5.82 Å². The first-order valence-corrected chi connectivity index (χ1v) is 5.57. The number of aromatic nitrogens is 1. The Morgan fingerprint density at radius 3 is 3.22 bits per heavy atom. The summed E-state index contributed by atoms with van der Waals surface area (Å²) in [4.78, 5) is 20.4. The summed E-state index contributed by atoms with van der Waals surface area (Å²) in [6, 6.07) is 5.27. The molecule has 0 aliphatic carbocycles. The third kappa shape index (κ3) is 2.52. The van der Waals surface area contributed by atoms with E-state index < -0.39 is 0 Å². The first-order chi connectivity index (χ1) is 8.74. The van der Waals surface area contributed by atoms with Crippen molar-refractivity contribution >= 4 is 11.7 Å². The number of hydrogen-bond acceptors (Lipinski definition) is 4. The lowest BCUT2D eigenvalue weighted by molar-refractivity contribution is -0.117. The number of methoxy groups -OCH3 is 1. The predicted molar refractivity (Wildman–Crippen MR) is 65.3 cm³/mol. The Hall–Kier alpha value is -2.27. The number of anilines is 1. The van der Waals surface area contributed by atoms with E-state index in [1.165, 1.54) is 7.11 Å². The van der Waals surface area contributed by atoms with Gasteiger partial charge < -0.3 is 4.74 Å². The fourth-order valence-corrected chi connectivity index (χ4v) is 1.95. The van der Waals surface area contributed by atoms with Crippen LogP contribution in [0.3, 0.4) is 0 Å². The standard InChI is InChI=1S/C11H13N5O2/c1-18-10-4-2-3-9(14-10)16-7-8(5-11(16)17)6-13-15-12/h2-4,8H,5-7H2,1H3. The van der Waals surface area contributed by atoms with Crippen LogP contribution < -0.4 is 9.64 Å². The normalized spacial score (nSPS) is 18.6. The maximum absolute atomic E-state index is 11.9. The average molecular weight is 247 g/mol. The number of hydrogen-bond donors (Lipinski definition) is 0. The number of azide groups is 1. The first kappa shape index (κ1) is 12.2. The van der Waals surface area contributed by atoms with Crippen molar-refractivity contribution < 1.29 is 9.53 Å². The molecule has 1 aliphatic heterocycles.